The van der Waals surface area contributed by atoms with Crippen LogP contribution in [0.5, 0.6) is 0 Å². The summed E-state index contributed by atoms with van der Waals surface area (Å²) in [6.45, 7) is 13.4. The van der Waals surface area contributed by atoms with Gasteiger partial charge >= 0.3 is 0 Å². The van der Waals surface area contributed by atoms with Crippen molar-refractivity contribution in [3.63, 3.8) is 0 Å². The van der Waals surface area contributed by atoms with Crippen LogP contribution in [0.2, 0.25) is 0 Å². The Kier molecular flexibility index (Phi) is 11.3. The highest BCUT2D eigenvalue weighted by Gasteiger charge is 2.49. The summed E-state index contributed by atoms with van der Waals surface area (Å²) in [5.74, 6) is 2.08. The molecule has 0 bridgehead atoms. The lowest BCUT2D eigenvalue weighted by atomic mass is 9.59. The third-order valence-corrected chi connectivity index (χ3v) is 4.28. The fourth-order valence-corrected chi connectivity index (χ4v) is 3.13. The maximum absolute atomic E-state index is 2.46. The first-order chi connectivity index (χ1) is 7.58. The predicted molar refractivity (Wildman–Crippen MR) is 82.5 cm³/mol. The summed E-state index contributed by atoms with van der Waals surface area (Å²) in [5.41, 5.74) is 0.833. The van der Waals surface area contributed by atoms with Crippen LogP contribution in [0.1, 0.15) is 93.9 Å². The molecule has 0 heteroatoms. The minimum atomic E-state index is 0. The van der Waals surface area contributed by atoms with E-state index in [9.17, 15) is 0 Å². The molecule has 0 saturated heterocycles. The van der Waals surface area contributed by atoms with E-state index >= 15 is 0 Å². The molecule has 0 aromatic rings. The maximum atomic E-state index is 2.46. The van der Waals surface area contributed by atoms with Gasteiger partial charge in [-0.3, -0.25) is 0 Å². The van der Waals surface area contributed by atoms with Crippen LogP contribution in [0.15, 0.2) is 0 Å². The van der Waals surface area contributed by atoms with Crippen LogP contribution in [0, 0.1) is 17.3 Å². The summed E-state index contributed by atoms with van der Waals surface area (Å²) < 4.78 is 0. The number of hydrogen-bond acceptors (Lipinski definition) is 0. The second-order valence-electron chi connectivity index (χ2n) is 5.88. The fourth-order valence-electron chi connectivity index (χ4n) is 3.13. The Morgan fingerprint density at radius 1 is 0.824 bits per heavy atom. The van der Waals surface area contributed by atoms with E-state index in [4.69, 9.17) is 0 Å². The molecule has 17 heavy (non-hydrogen) atoms. The highest BCUT2D eigenvalue weighted by Crippen LogP contribution is 2.59. The number of rotatable bonds is 0. The van der Waals surface area contributed by atoms with Gasteiger partial charge < -0.3 is 0 Å². The lowest BCUT2D eigenvalue weighted by Crippen LogP contribution is -2.36. The molecule has 0 nitrogen and oxygen atoms in total. The summed E-state index contributed by atoms with van der Waals surface area (Å²) in [6.07, 6.45) is 10.1. The van der Waals surface area contributed by atoms with Gasteiger partial charge in [0.15, 0.2) is 0 Å². The van der Waals surface area contributed by atoms with E-state index in [-0.39, 0.29) is 7.43 Å². The number of hydrogen-bond donors (Lipinski definition) is 0. The van der Waals surface area contributed by atoms with Gasteiger partial charge in [-0.1, -0.05) is 68.2 Å². The molecule has 0 radical (unpaired) electrons. The Morgan fingerprint density at radius 3 is 1.24 bits per heavy atom. The summed E-state index contributed by atoms with van der Waals surface area (Å²) in [7, 11) is 0. The van der Waals surface area contributed by atoms with E-state index in [1.54, 1.807) is 0 Å². The molecule has 0 aromatic heterocycles. The van der Waals surface area contributed by atoms with Gasteiger partial charge in [0.2, 0.25) is 0 Å². The molecule has 1 spiro atoms. The van der Waals surface area contributed by atoms with Crippen molar-refractivity contribution in [1.29, 1.82) is 0 Å². The first-order valence-electron chi connectivity index (χ1n) is 7.58. The summed E-state index contributed by atoms with van der Waals surface area (Å²) in [5, 5.41) is 0. The molecule has 106 valence electrons. The van der Waals surface area contributed by atoms with E-state index in [1.165, 1.54) is 44.9 Å². The van der Waals surface area contributed by atoms with E-state index in [0.717, 1.165) is 17.3 Å². The van der Waals surface area contributed by atoms with Gasteiger partial charge in [0.1, 0.15) is 0 Å². The molecular formula is C17H38. The van der Waals surface area contributed by atoms with Crippen LogP contribution in [0.25, 0.3) is 0 Å². The summed E-state index contributed by atoms with van der Waals surface area (Å²) >= 11 is 0. The largest absolute Gasteiger partial charge is 0.0776 e. The third kappa shape index (κ3) is 5.02. The van der Waals surface area contributed by atoms with Crippen LogP contribution < -0.4 is 0 Å². The smallest absolute Gasteiger partial charge is 0.0246 e. The highest BCUT2D eigenvalue weighted by molar-refractivity contribution is 4.99. The molecule has 2 aliphatic carbocycles. The minimum Gasteiger partial charge on any atom is -0.0776 e. The normalized spacial score (nSPS) is 27.9. The van der Waals surface area contributed by atoms with Gasteiger partial charge in [-0.25, -0.2) is 0 Å². The van der Waals surface area contributed by atoms with Crippen molar-refractivity contribution in [2.24, 2.45) is 17.3 Å². The van der Waals surface area contributed by atoms with Crippen molar-refractivity contribution < 1.29 is 0 Å². The van der Waals surface area contributed by atoms with Crippen molar-refractivity contribution in [3.05, 3.63) is 0 Å². The van der Waals surface area contributed by atoms with E-state index in [1.807, 2.05) is 0 Å². The predicted octanol–water partition coefficient (Wildman–Crippen LogP) is 6.69. The highest BCUT2D eigenvalue weighted by atomic mass is 14.5. The summed E-state index contributed by atoms with van der Waals surface area (Å²) in [6, 6.07) is 0. The van der Waals surface area contributed by atoms with Crippen LogP contribution in [-0.4, -0.2) is 0 Å². The fraction of sp³-hybridized carbons (Fsp3) is 1.00. The second kappa shape index (κ2) is 9.97. The molecule has 0 aromatic carbocycles. The zero-order valence-corrected chi connectivity index (χ0v) is 12.6. The molecule has 0 amide bonds. The zero-order chi connectivity index (χ0) is 12.6. The Labute approximate surface area is 112 Å². The SMILES string of the molecule is C.CC1CCC(C)C12CCC2.CCC.CCC. The van der Waals surface area contributed by atoms with Gasteiger partial charge in [0.05, 0.1) is 0 Å². The molecule has 2 fully saturated rings. The minimum absolute atomic E-state index is 0. The topological polar surface area (TPSA) is 0 Å². The third-order valence-electron chi connectivity index (χ3n) is 4.28. The Hall–Kier alpha value is 0. The average molecular weight is 242 g/mol. The van der Waals surface area contributed by atoms with Crippen molar-refractivity contribution in [2.45, 2.75) is 93.9 Å². The van der Waals surface area contributed by atoms with Gasteiger partial charge in [0.25, 0.3) is 0 Å². The second-order valence-corrected chi connectivity index (χ2v) is 5.88. The van der Waals surface area contributed by atoms with Crippen molar-refractivity contribution in [2.75, 3.05) is 0 Å². The molecule has 2 unspecified atom stereocenters. The van der Waals surface area contributed by atoms with E-state index < -0.39 is 0 Å². The Morgan fingerprint density at radius 2 is 1.12 bits per heavy atom. The van der Waals surface area contributed by atoms with Crippen LogP contribution in [-0.2, 0) is 0 Å². The van der Waals surface area contributed by atoms with Crippen molar-refractivity contribution in [1.82, 2.24) is 0 Å². The monoisotopic (exact) mass is 242 g/mol. The van der Waals surface area contributed by atoms with E-state index in [0.29, 0.717) is 0 Å². The quantitative estimate of drug-likeness (QED) is 0.444. The Balaban J connectivity index is 0. The average Bonchev–Trinajstić information content (AvgIpc) is 2.44. The summed E-state index contributed by atoms with van der Waals surface area (Å²) in [4.78, 5) is 0. The molecule has 2 aliphatic rings. The van der Waals surface area contributed by atoms with Crippen LogP contribution in [0.4, 0.5) is 0 Å². The zero-order valence-electron chi connectivity index (χ0n) is 12.6. The first kappa shape index (κ1) is 19.3. The van der Waals surface area contributed by atoms with Gasteiger partial charge in [-0.15, -0.1) is 0 Å². The van der Waals surface area contributed by atoms with E-state index in [2.05, 4.69) is 41.5 Å². The van der Waals surface area contributed by atoms with Gasteiger partial charge in [-0.05, 0) is 42.9 Å². The standard InChI is InChI=1S/C10H18.2C3H8.CH4/c1-8-4-5-9(2)10(8)6-3-7-10;2*1-3-2;/h8-9H,3-7H2,1-2H3;2*3H2,1-2H3;1H4. The van der Waals surface area contributed by atoms with Gasteiger partial charge in [-0.2, -0.15) is 0 Å². The Bertz CT molecular complexity index is 141. The molecule has 2 atom stereocenters. The van der Waals surface area contributed by atoms with Crippen molar-refractivity contribution >= 4 is 0 Å². The molecule has 0 heterocycles. The molecule has 0 N–H and O–H groups in total. The molecule has 0 aliphatic heterocycles. The first-order valence-corrected chi connectivity index (χ1v) is 7.58. The van der Waals surface area contributed by atoms with Crippen molar-refractivity contribution in [3.8, 4) is 0 Å². The lowest BCUT2D eigenvalue weighted by molar-refractivity contribution is 0.0428. The maximum Gasteiger partial charge on any atom is -0.0246 e. The van der Waals surface area contributed by atoms with Crippen LogP contribution >= 0.6 is 0 Å². The van der Waals surface area contributed by atoms with Crippen LogP contribution in [0.3, 0.4) is 0 Å². The molecule has 2 rings (SSSR count). The lowest BCUT2D eigenvalue weighted by Gasteiger charge is -2.46. The molecule has 2 saturated carbocycles. The molecular weight excluding hydrogens is 204 g/mol. The van der Waals surface area contributed by atoms with Gasteiger partial charge in [0, 0.05) is 0 Å².